The molecule has 15 heavy (non-hydrogen) atoms. The van der Waals surface area contributed by atoms with Crippen molar-refractivity contribution in [1.29, 1.82) is 0 Å². The lowest BCUT2D eigenvalue weighted by Gasteiger charge is -1.86. The number of hydrogen-bond donors (Lipinski definition) is 1. The highest BCUT2D eigenvalue weighted by Gasteiger charge is 1.65. The van der Waals surface area contributed by atoms with Gasteiger partial charge in [0.1, 0.15) is 0 Å². The monoisotopic (exact) mass is 212 g/mol. The summed E-state index contributed by atoms with van der Waals surface area (Å²) < 4.78 is 4.83. The van der Waals surface area contributed by atoms with Crippen molar-refractivity contribution in [3.63, 3.8) is 0 Å². The van der Waals surface area contributed by atoms with Crippen LogP contribution in [-0.4, -0.2) is 24.3 Å². The summed E-state index contributed by atoms with van der Waals surface area (Å²) in [6, 6.07) is 12.0. The van der Waals surface area contributed by atoms with Gasteiger partial charge in [-0.15, -0.1) is 0 Å². The maximum atomic E-state index is 9.00. The molecule has 0 aromatic heterocycles. The van der Waals surface area contributed by atoms with Crippen LogP contribution in [0.3, 0.4) is 0 Å². The molecule has 1 aromatic carbocycles. The maximum absolute atomic E-state index is 9.00. The van der Waals surface area contributed by atoms with E-state index in [4.69, 9.17) is 14.6 Å². The standard InChI is InChI=1S/C6H6.C4H10O.C2H4O2/c1-2-4-6-5-3-1;1-3-5-4-2;1-2(3)4/h1-6H;3-4H2,1-2H3;1H3,(H,3,4). The van der Waals surface area contributed by atoms with E-state index in [0.717, 1.165) is 20.1 Å². The Morgan fingerprint density at radius 2 is 1.20 bits per heavy atom. The summed E-state index contributed by atoms with van der Waals surface area (Å²) in [7, 11) is 0. The summed E-state index contributed by atoms with van der Waals surface area (Å²) in [5, 5.41) is 7.42. The summed E-state index contributed by atoms with van der Waals surface area (Å²) in [6.07, 6.45) is 0. The van der Waals surface area contributed by atoms with Crippen LogP contribution >= 0.6 is 0 Å². The largest absolute Gasteiger partial charge is 0.481 e. The Kier molecular flexibility index (Phi) is 16.2. The van der Waals surface area contributed by atoms with Gasteiger partial charge in [0.15, 0.2) is 0 Å². The number of benzene rings is 1. The van der Waals surface area contributed by atoms with Gasteiger partial charge in [-0.25, -0.2) is 0 Å². The van der Waals surface area contributed by atoms with E-state index in [1.54, 1.807) is 0 Å². The van der Waals surface area contributed by atoms with E-state index in [1.807, 2.05) is 50.2 Å². The highest BCUT2D eigenvalue weighted by atomic mass is 16.5. The lowest BCUT2D eigenvalue weighted by molar-refractivity contribution is -0.134. The van der Waals surface area contributed by atoms with E-state index in [0.29, 0.717) is 0 Å². The molecule has 3 heteroatoms. The van der Waals surface area contributed by atoms with Gasteiger partial charge in [-0.1, -0.05) is 36.4 Å². The minimum Gasteiger partial charge on any atom is -0.481 e. The van der Waals surface area contributed by atoms with Crippen molar-refractivity contribution < 1.29 is 14.6 Å². The van der Waals surface area contributed by atoms with E-state index in [2.05, 4.69) is 0 Å². The minimum atomic E-state index is -0.833. The molecule has 0 spiro atoms. The van der Waals surface area contributed by atoms with Crippen molar-refractivity contribution in [2.75, 3.05) is 13.2 Å². The first-order valence-electron chi connectivity index (χ1n) is 4.92. The molecule has 86 valence electrons. The number of carboxylic acids is 1. The van der Waals surface area contributed by atoms with Gasteiger partial charge in [-0.2, -0.15) is 0 Å². The smallest absolute Gasteiger partial charge is 0.300 e. The molecule has 0 amide bonds. The molecule has 0 bridgehead atoms. The number of aliphatic carboxylic acids is 1. The van der Waals surface area contributed by atoms with Crippen LogP contribution in [0, 0.1) is 0 Å². The van der Waals surface area contributed by atoms with Crippen LogP contribution in [0.1, 0.15) is 20.8 Å². The Morgan fingerprint density at radius 1 is 1.00 bits per heavy atom. The van der Waals surface area contributed by atoms with Crippen LogP contribution in [0.25, 0.3) is 0 Å². The predicted octanol–water partition coefficient (Wildman–Crippen LogP) is 2.82. The SMILES string of the molecule is CC(=O)O.CCOCC.c1ccccc1. The van der Waals surface area contributed by atoms with Crippen molar-refractivity contribution in [3.05, 3.63) is 36.4 Å². The van der Waals surface area contributed by atoms with Crippen LogP contribution in [0.4, 0.5) is 0 Å². The first-order valence-corrected chi connectivity index (χ1v) is 4.92. The lowest BCUT2D eigenvalue weighted by Crippen LogP contribution is -1.84. The molecule has 0 radical (unpaired) electrons. The number of hydrogen-bond acceptors (Lipinski definition) is 2. The molecule has 0 fully saturated rings. The fraction of sp³-hybridized carbons (Fsp3) is 0.417. The maximum Gasteiger partial charge on any atom is 0.300 e. The van der Waals surface area contributed by atoms with Gasteiger partial charge < -0.3 is 9.84 Å². The molecule has 1 aromatic rings. The average Bonchev–Trinajstić information content (AvgIpc) is 2.22. The zero-order chi connectivity index (χ0) is 11.9. The lowest BCUT2D eigenvalue weighted by atomic mass is 10.4. The highest BCUT2D eigenvalue weighted by Crippen LogP contribution is 1.79. The Morgan fingerprint density at radius 3 is 1.27 bits per heavy atom. The highest BCUT2D eigenvalue weighted by molar-refractivity contribution is 5.62. The van der Waals surface area contributed by atoms with Gasteiger partial charge in [0.05, 0.1) is 0 Å². The minimum absolute atomic E-state index is 0.833. The number of carboxylic acid groups (broad SMARTS) is 1. The van der Waals surface area contributed by atoms with Gasteiger partial charge in [0, 0.05) is 20.1 Å². The molecule has 0 saturated carbocycles. The molecule has 0 atom stereocenters. The Balaban J connectivity index is 0. The molecule has 0 saturated heterocycles. The Labute approximate surface area is 91.7 Å². The Bertz CT molecular complexity index is 177. The summed E-state index contributed by atoms with van der Waals surface area (Å²) in [5.74, 6) is -0.833. The number of carbonyl (C=O) groups is 1. The van der Waals surface area contributed by atoms with Crippen molar-refractivity contribution in [3.8, 4) is 0 Å². The summed E-state index contributed by atoms with van der Waals surface area (Å²) in [4.78, 5) is 9.00. The molecule has 0 unspecified atom stereocenters. The third kappa shape index (κ3) is 32.4. The molecular formula is C12H20O3. The van der Waals surface area contributed by atoms with Crippen LogP contribution in [0.15, 0.2) is 36.4 Å². The Hall–Kier alpha value is -1.35. The van der Waals surface area contributed by atoms with E-state index in [9.17, 15) is 0 Å². The number of rotatable bonds is 2. The first-order chi connectivity index (χ1) is 7.15. The molecular weight excluding hydrogens is 192 g/mol. The van der Waals surface area contributed by atoms with Gasteiger partial charge in [0.2, 0.25) is 0 Å². The molecule has 0 aliphatic carbocycles. The second kappa shape index (κ2) is 15.1. The van der Waals surface area contributed by atoms with Crippen molar-refractivity contribution in [1.82, 2.24) is 0 Å². The zero-order valence-electron chi connectivity index (χ0n) is 9.64. The zero-order valence-corrected chi connectivity index (χ0v) is 9.64. The van der Waals surface area contributed by atoms with Crippen molar-refractivity contribution >= 4 is 5.97 Å². The molecule has 0 aliphatic heterocycles. The summed E-state index contributed by atoms with van der Waals surface area (Å²) >= 11 is 0. The third-order valence-corrected chi connectivity index (χ3v) is 1.07. The van der Waals surface area contributed by atoms with Gasteiger partial charge in [-0.05, 0) is 13.8 Å². The second-order valence-corrected chi connectivity index (χ2v) is 2.46. The van der Waals surface area contributed by atoms with Gasteiger partial charge in [-0.3, -0.25) is 4.79 Å². The normalized spacial score (nSPS) is 7.67. The predicted molar refractivity (Wildman–Crippen MR) is 61.9 cm³/mol. The third-order valence-electron chi connectivity index (χ3n) is 1.07. The second-order valence-electron chi connectivity index (χ2n) is 2.46. The van der Waals surface area contributed by atoms with Crippen LogP contribution < -0.4 is 0 Å². The molecule has 1 rings (SSSR count). The van der Waals surface area contributed by atoms with Crippen molar-refractivity contribution in [2.45, 2.75) is 20.8 Å². The van der Waals surface area contributed by atoms with Gasteiger partial charge in [0.25, 0.3) is 5.97 Å². The van der Waals surface area contributed by atoms with E-state index < -0.39 is 5.97 Å². The summed E-state index contributed by atoms with van der Waals surface area (Å²) in [5.41, 5.74) is 0. The van der Waals surface area contributed by atoms with E-state index in [1.165, 1.54) is 0 Å². The first kappa shape index (κ1) is 16.1. The fourth-order valence-electron chi connectivity index (χ4n) is 0.589. The fourth-order valence-corrected chi connectivity index (χ4v) is 0.589. The van der Waals surface area contributed by atoms with Crippen LogP contribution in [-0.2, 0) is 9.53 Å². The van der Waals surface area contributed by atoms with Crippen molar-refractivity contribution in [2.24, 2.45) is 0 Å². The molecule has 0 heterocycles. The molecule has 1 N–H and O–H groups in total. The van der Waals surface area contributed by atoms with Crippen LogP contribution in [0.2, 0.25) is 0 Å². The average molecular weight is 212 g/mol. The van der Waals surface area contributed by atoms with Crippen LogP contribution in [0.5, 0.6) is 0 Å². The number of ether oxygens (including phenoxy) is 1. The topological polar surface area (TPSA) is 46.5 Å². The van der Waals surface area contributed by atoms with E-state index >= 15 is 0 Å². The summed E-state index contributed by atoms with van der Waals surface area (Å²) in [6.45, 7) is 6.75. The van der Waals surface area contributed by atoms with Gasteiger partial charge >= 0.3 is 0 Å². The quantitative estimate of drug-likeness (QED) is 0.820. The molecule has 3 nitrogen and oxygen atoms in total. The van der Waals surface area contributed by atoms with E-state index in [-0.39, 0.29) is 0 Å². The molecule has 0 aliphatic rings.